The molecule has 4 nitrogen and oxygen atoms in total. The molecule has 88 valence electrons. The summed E-state index contributed by atoms with van der Waals surface area (Å²) in [5.41, 5.74) is 8.36. The molecule has 5 heteroatoms. The zero-order chi connectivity index (χ0) is 12.4. The zero-order valence-electron chi connectivity index (χ0n) is 9.16. The molecule has 0 aliphatic carbocycles. The number of carbonyl (C=O) groups is 1. The van der Waals surface area contributed by atoms with E-state index in [2.05, 4.69) is 21.2 Å². The molecule has 0 fully saturated rings. The molecule has 0 aliphatic rings. The number of halogens is 1. The second kappa shape index (κ2) is 4.63. The summed E-state index contributed by atoms with van der Waals surface area (Å²) in [5.74, 6) is -0.240. The van der Waals surface area contributed by atoms with E-state index < -0.39 is 0 Å². The predicted molar refractivity (Wildman–Crippen MR) is 70.0 cm³/mol. The van der Waals surface area contributed by atoms with E-state index in [0.717, 1.165) is 10.0 Å². The molecule has 1 aromatic heterocycles. The van der Waals surface area contributed by atoms with E-state index in [1.165, 1.54) is 12.5 Å². The summed E-state index contributed by atoms with van der Waals surface area (Å²) in [4.78, 5) is 11.8. The molecule has 0 unspecified atom stereocenters. The van der Waals surface area contributed by atoms with Crippen molar-refractivity contribution in [2.24, 2.45) is 0 Å². The summed E-state index contributed by atoms with van der Waals surface area (Å²) in [6.07, 6.45) is 2.84. The molecule has 0 bridgehead atoms. The Balaban J connectivity index is 2.28. The number of anilines is 2. The van der Waals surface area contributed by atoms with Crippen molar-refractivity contribution < 1.29 is 9.21 Å². The minimum atomic E-state index is -0.240. The average molecular weight is 295 g/mol. The highest BCUT2D eigenvalue weighted by Crippen LogP contribution is 2.28. The summed E-state index contributed by atoms with van der Waals surface area (Å²) in [6.45, 7) is 1.88. The van der Waals surface area contributed by atoms with Crippen molar-refractivity contribution in [3.05, 3.63) is 46.3 Å². The molecule has 1 amide bonds. The van der Waals surface area contributed by atoms with Gasteiger partial charge in [-0.2, -0.15) is 0 Å². The maximum Gasteiger partial charge on any atom is 0.258 e. The highest BCUT2D eigenvalue weighted by Gasteiger charge is 2.11. The van der Waals surface area contributed by atoms with E-state index >= 15 is 0 Å². The van der Waals surface area contributed by atoms with Crippen LogP contribution < -0.4 is 11.1 Å². The quantitative estimate of drug-likeness (QED) is 0.836. The number of hydrogen-bond acceptors (Lipinski definition) is 3. The van der Waals surface area contributed by atoms with Gasteiger partial charge in [0.1, 0.15) is 6.26 Å². The molecule has 1 heterocycles. The Hall–Kier alpha value is -1.75. The van der Waals surface area contributed by atoms with Crippen LogP contribution in [0.5, 0.6) is 0 Å². The fourth-order valence-electron chi connectivity index (χ4n) is 1.52. The predicted octanol–water partition coefficient (Wildman–Crippen LogP) is 3.19. The lowest BCUT2D eigenvalue weighted by atomic mass is 10.1. The molecule has 0 radical (unpaired) electrons. The first kappa shape index (κ1) is 11.7. The third-order valence-corrected chi connectivity index (χ3v) is 2.81. The van der Waals surface area contributed by atoms with Crippen LogP contribution in [-0.4, -0.2) is 5.91 Å². The molecule has 0 spiro atoms. The van der Waals surface area contributed by atoms with Crippen LogP contribution in [0.2, 0.25) is 0 Å². The van der Waals surface area contributed by atoms with Gasteiger partial charge in [0.25, 0.3) is 5.91 Å². The number of hydrogen-bond donors (Lipinski definition) is 2. The van der Waals surface area contributed by atoms with Gasteiger partial charge < -0.3 is 15.5 Å². The van der Waals surface area contributed by atoms with Crippen molar-refractivity contribution in [1.29, 1.82) is 0 Å². The molecule has 0 saturated carbocycles. The molecule has 2 rings (SSSR count). The molecule has 17 heavy (non-hydrogen) atoms. The lowest BCUT2D eigenvalue weighted by Crippen LogP contribution is -2.13. The third-order valence-electron chi connectivity index (χ3n) is 2.35. The van der Waals surface area contributed by atoms with Crippen molar-refractivity contribution >= 4 is 33.2 Å². The highest BCUT2D eigenvalue weighted by molar-refractivity contribution is 9.10. The molecule has 0 saturated heterocycles. The Morgan fingerprint density at radius 1 is 1.47 bits per heavy atom. The highest BCUT2D eigenvalue weighted by atomic mass is 79.9. The second-order valence-corrected chi connectivity index (χ2v) is 4.57. The largest absolute Gasteiger partial charge is 0.472 e. The van der Waals surface area contributed by atoms with Gasteiger partial charge in [-0.25, -0.2) is 0 Å². The van der Waals surface area contributed by atoms with Gasteiger partial charge >= 0.3 is 0 Å². The topological polar surface area (TPSA) is 68.3 Å². The van der Waals surface area contributed by atoms with Gasteiger partial charge in [-0.3, -0.25) is 4.79 Å². The van der Waals surface area contributed by atoms with Gasteiger partial charge in [0.05, 0.1) is 23.2 Å². The van der Waals surface area contributed by atoms with Crippen molar-refractivity contribution in [2.75, 3.05) is 11.1 Å². The Labute approximate surface area is 107 Å². The molecule has 0 atom stereocenters. The van der Waals surface area contributed by atoms with Gasteiger partial charge in [0, 0.05) is 4.47 Å². The van der Waals surface area contributed by atoms with Crippen LogP contribution in [0, 0.1) is 6.92 Å². The SMILES string of the molecule is Cc1cc(Br)cc(N)c1NC(=O)c1ccoc1. The Bertz CT molecular complexity index is 527. The van der Waals surface area contributed by atoms with Crippen molar-refractivity contribution in [1.82, 2.24) is 0 Å². The van der Waals surface area contributed by atoms with E-state index in [9.17, 15) is 4.79 Å². The van der Waals surface area contributed by atoms with E-state index in [1.807, 2.05) is 13.0 Å². The van der Waals surface area contributed by atoms with Gasteiger partial charge in [-0.05, 0) is 30.7 Å². The summed E-state index contributed by atoms with van der Waals surface area (Å²) < 4.78 is 5.74. The fourth-order valence-corrected chi connectivity index (χ4v) is 2.11. The number of nitrogens with two attached hydrogens (primary N) is 1. The molecule has 1 aromatic carbocycles. The number of aryl methyl sites for hydroxylation is 1. The van der Waals surface area contributed by atoms with Gasteiger partial charge in [0.2, 0.25) is 0 Å². The lowest BCUT2D eigenvalue weighted by Gasteiger charge is -2.11. The maximum absolute atomic E-state index is 11.8. The van der Waals surface area contributed by atoms with Crippen molar-refractivity contribution in [2.45, 2.75) is 6.92 Å². The zero-order valence-corrected chi connectivity index (χ0v) is 10.7. The normalized spacial score (nSPS) is 10.2. The second-order valence-electron chi connectivity index (χ2n) is 3.65. The number of benzene rings is 1. The molecule has 3 N–H and O–H groups in total. The van der Waals surface area contributed by atoms with Crippen LogP contribution in [0.25, 0.3) is 0 Å². The maximum atomic E-state index is 11.8. The number of carbonyl (C=O) groups excluding carboxylic acids is 1. The van der Waals surface area contributed by atoms with Crippen LogP contribution in [0.3, 0.4) is 0 Å². The Kier molecular flexibility index (Phi) is 3.19. The van der Waals surface area contributed by atoms with Crippen molar-refractivity contribution in [3.63, 3.8) is 0 Å². The van der Waals surface area contributed by atoms with Gasteiger partial charge in [0.15, 0.2) is 0 Å². The summed E-state index contributed by atoms with van der Waals surface area (Å²) in [5, 5.41) is 2.76. The molecular weight excluding hydrogens is 284 g/mol. The molecular formula is C12H11BrN2O2. The lowest BCUT2D eigenvalue weighted by molar-refractivity contribution is 0.102. The fraction of sp³-hybridized carbons (Fsp3) is 0.0833. The minimum absolute atomic E-state index is 0.240. The first-order valence-corrected chi connectivity index (χ1v) is 5.76. The minimum Gasteiger partial charge on any atom is -0.472 e. The third kappa shape index (κ3) is 2.50. The van der Waals surface area contributed by atoms with E-state index in [-0.39, 0.29) is 5.91 Å². The summed E-state index contributed by atoms with van der Waals surface area (Å²) >= 11 is 3.34. The smallest absolute Gasteiger partial charge is 0.258 e. The number of nitrogen functional groups attached to an aromatic ring is 1. The number of amides is 1. The van der Waals surface area contributed by atoms with E-state index in [4.69, 9.17) is 10.2 Å². The number of nitrogens with one attached hydrogen (secondary N) is 1. The number of furan rings is 1. The molecule has 0 aliphatic heterocycles. The summed E-state index contributed by atoms with van der Waals surface area (Å²) in [6, 6.07) is 5.24. The molecule has 2 aromatic rings. The van der Waals surface area contributed by atoms with Crippen LogP contribution in [-0.2, 0) is 0 Å². The van der Waals surface area contributed by atoms with Crippen LogP contribution in [0.15, 0.2) is 39.6 Å². The standard InChI is InChI=1S/C12H11BrN2O2/c1-7-4-9(13)5-10(14)11(7)15-12(16)8-2-3-17-6-8/h2-6H,14H2,1H3,(H,15,16). The monoisotopic (exact) mass is 294 g/mol. The van der Waals surface area contributed by atoms with E-state index in [0.29, 0.717) is 16.9 Å². The van der Waals surface area contributed by atoms with Crippen molar-refractivity contribution in [3.8, 4) is 0 Å². The van der Waals surface area contributed by atoms with E-state index in [1.54, 1.807) is 12.1 Å². The first-order chi connectivity index (χ1) is 8.08. The number of rotatable bonds is 2. The van der Waals surface area contributed by atoms with Crippen LogP contribution in [0.1, 0.15) is 15.9 Å². The van der Waals surface area contributed by atoms with Crippen LogP contribution >= 0.6 is 15.9 Å². The Morgan fingerprint density at radius 3 is 2.82 bits per heavy atom. The van der Waals surface area contributed by atoms with Crippen LogP contribution in [0.4, 0.5) is 11.4 Å². The van der Waals surface area contributed by atoms with Gasteiger partial charge in [-0.15, -0.1) is 0 Å². The Morgan fingerprint density at radius 2 is 2.24 bits per heavy atom. The van der Waals surface area contributed by atoms with Gasteiger partial charge in [-0.1, -0.05) is 15.9 Å². The summed E-state index contributed by atoms with van der Waals surface area (Å²) in [7, 11) is 0. The average Bonchev–Trinajstić information content (AvgIpc) is 2.76. The first-order valence-electron chi connectivity index (χ1n) is 4.97.